The minimum Gasteiger partial charge on any atom is -0.468 e. The zero-order valence-corrected chi connectivity index (χ0v) is 13.3. The molecule has 1 aromatic rings. The monoisotopic (exact) mass is 320 g/mol. The fraction of sp³-hybridized carbons (Fsp3) is 0.462. The van der Waals surface area contributed by atoms with Gasteiger partial charge in [0.2, 0.25) is 0 Å². The number of esters is 1. The van der Waals surface area contributed by atoms with Crippen LogP contribution >= 0.6 is 19.2 Å². The summed E-state index contributed by atoms with van der Waals surface area (Å²) in [7, 11) is -2.43. The van der Waals surface area contributed by atoms with Crippen LogP contribution in [0.4, 0.5) is 0 Å². The highest BCUT2D eigenvalue weighted by atomic mass is 35.5. The molecule has 0 amide bonds. The van der Waals surface area contributed by atoms with Gasteiger partial charge in [-0.3, -0.25) is 9.36 Å². The first-order chi connectivity index (χ1) is 9.48. The summed E-state index contributed by atoms with van der Waals surface area (Å²) in [6.45, 7) is 3.69. The van der Waals surface area contributed by atoms with Crippen molar-refractivity contribution in [3.8, 4) is 0 Å². The van der Waals surface area contributed by atoms with Crippen molar-refractivity contribution in [1.82, 2.24) is 0 Å². The molecular formula is C13H18ClO5P. The average Bonchev–Trinajstić information content (AvgIpc) is 2.41. The Hall–Kier alpha value is -0.870. The highest BCUT2D eigenvalue weighted by molar-refractivity contribution is 7.55. The van der Waals surface area contributed by atoms with Crippen molar-refractivity contribution < 1.29 is 23.1 Å². The molecule has 0 saturated carbocycles. The lowest BCUT2D eigenvalue weighted by atomic mass is 10.1. The first-order valence-corrected chi connectivity index (χ1v) is 8.19. The zero-order valence-electron chi connectivity index (χ0n) is 11.7. The van der Waals surface area contributed by atoms with Gasteiger partial charge in [-0.25, -0.2) is 0 Å². The molecule has 5 nitrogen and oxygen atoms in total. The summed E-state index contributed by atoms with van der Waals surface area (Å²) in [4.78, 5) is 12.0. The normalized spacial score (nSPS) is 13.0. The summed E-state index contributed by atoms with van der Waals surface area (Å²) in [6.07, 6.45) is 0. The van der Waals surface area contributed by atoms with E-state index in [0.717, 1.165) is 0 Å². The second-order valence-electron chi connectivity index (χ2n) is 3.85. The van der Waals surface area contributed by atoms with Gasteiger partial charge in [-0.05, 0) is 31.5 Å². The number of halogens is 1. The third-order valence-corrected chi connectivity index (χ3v) is 5.17. The van der Waals surface area contributed by atoms with Crippen molar-refractivity contribution in [2.45, 2.75) is 19.5 Å². The number of benzene rings is 1. The van der Waals surface area contributed by atoms with Gasteiger partial charge in [-0.2, -0.15) is 0 Å². The molecule has 0 bridgehead atoms. The van der Waals surface area contributed by atoms with Gasteiger partial charge in [0.05, 0.1) is 20.3 Å². The number of carbonyl (C=O) groups excluding carboxylic acids is 1. The number of hydrogen-bond acceptors (Lipinski definition) is 5. The van der Waals surface area contributed by atoms with Crippen molar-refractivity contribution in [1.29, 1.82) is 0 Å². The fourth-order valence-corrected chi connectivity index (χ4v) is 3.87. The summed E-state index contributed by atoms with van der Waals surface area (Å²) in [6, 6.07) is 6.42. The SMILES string of the molecule is CCOP(=O)(OCC)[C@@H](C(=O)OC)c1ccc(Cl)cc1. The van der Waals surface area contributed by atoms with Crippen molar-refractivity contribution in [2.24, 2.45) is 0 Å². The molecule has 0 N–H and O–H groups in total. The Morgan fingerprint density at radius 1 is 1.20 bits per heavy atom. The molecule has 0 unspecified atom stereocenters. The van der Waals surface area contributed by atoms with Crippen LogP contribution in [0, 0.1) is 0 Å². The summed E-state index contributed by atoms with van der Waals surface area (Å²) < 4.78 is 28.0. The molecule has 0 spiro atoms. The molecule has 0 radical (unpaired) electrons. The van der Waals surface area contributed by atoms with Gasteiger partial charge < -0.3 is 13.8 Å². The van der Waals surface area contributed by atoms with Crippen LogP contribution in [0.5, 0.6) is 0 Å². The minimum absolute atomic E-state index is 0.165. The Morgan fingerprint density at radius 2 is 1.70 bits per heavy atom. The molecule has 7 heteroatoms. The first-order valence-electron chi connectivity index (χ1n) is 6.20. The topological polar surface area (TPSA) is 61.8 Å². The van der Waals surface area contributed by atoms with Crippen molar-refractivity contribution in [2.75, 3.05) is 20.3 Å². The van der Waals surface area contributed by atoms with Crippen molar-refractivity contribution in [3.05, 3.63) is 34.9 Å². The molecule has 112 valence electrons. The lowest BCUT2D eigenvalue weighted by molar-refractivity contribution is -0.140. The Balaban J connectivity index is 3.26. The van der Waals surface area contributed by atoms with E-state index in [0.29, 0.717) is 10.6 Å². The molecule has 1 atom stereocenters. The maximum absolute atomic E-state index is 12.8. The van der Waals surface area contributed by atoms with E-state index in [9.17, 15) is 9.36 Å². The van der Waals surface area contributed by atoms with Gasteiger partial charge in [-0.15, -0.1) is 0 Å². The van der Waals surface area contributed by atoms with Gasteiger partial charge in [0.25, 0.3) is 0 Å². The summed E-state index contributed by atoms with van der Waals surface area (Å²) >= 11 is 5.82. The van der Waals surface area contributed by atoms with Crippen LogP contribution in [-0.2, 0) is 23.1 Å². The van der Waals surface area contributed by atoms with Crippen LogP contribution in [0.2, 0.25) is 5.02 Å². The van der Waals surface area contributed by atoms with E-state index in [4.69, 9.17) is 25.4 Å². The minimum atomic E-state index is -3.66. The largest absolute Gasteiger partial charge is 0.468 e. The molecule has 0 aliphatic heterocycles. The molecule has 0 aromatic heterocycles. The molecule has 0 fully saturated rings. The molecular weight excluding hydrogens is 303 g/mol. The molecule has 0 aliphatic carbocycles. The highest BCUT2D eigenvalue weighted by Crippen LogP contribution is 2.61. The quantitative estimate of drug-likeness (QED) is 0.564. The van der Waals surface area contributed by atoms with Gasteiger partial charge in [0, 0.05) is 5.02 Å². The van der Waals surface area contributed by atoms with E-state index in [1.165, 1.54) is 7.11 Å². The van der Waals surface area contributed by atoms with E-state index >= 15 is 0 Å². The summed E-state index contributed by atoms with van der Waals surface area (Å²) in [5.41, 5.74) is -0.642. The van der Waals surface area contributed by atoms with Gasteiger partial charge in [0.15, 0.2) is 5.66 Å². The second-order valence-corrected chi connectivity index (χ2v) is 6.40. The van der Waals surface area contributed by atoms with Crippen LogP contribution in [0.1, 0.15) is 25.1 Å². The fourth-order valence-electron chi connectivity index (χ4n) is 1.75. The predicted octanol–water partition coefficient (Wildman–Crippen LogP) is 3.82. The van der Waals surface area contributed by atoms with Gasteiger partial charge >= 0.3 is 13.6 Å². The Kier molecular flexibility index (Phi) is 6.69. The van der Waals surface area contributed by atoms with E-state index < -0.39 is 19.2 Å². The van der Waals surface area contributed by atoms with Gasteiger partial charge in [-0.1, -0.05) is 23.7 Å². The van der Waals surface area contributed by atoms with Crippen LogP contribution in [0.3, 0.4) is 0 Å². The third-order valence-electron chi connectivity index (χ3n) is 2.54. The third kappa shape index (κ3) is 4.06. The predicted molar refractivity (Wildman–Crippen MR) is 77.1 cm³/mol. The number of hydrogen-bond donors (Lipinski definition) is 0. The summed E-state index contributed by atoms with van der Waals surface area (Å²) in [5, 5.41) is 0.514. The van der Waals surface area contributed by atoms with Crippen LogP contribution < -0.4 is 0 Å². The van der Waals surface area contributed by atoms with E-state index in [1.807, 2.05) is 0 Å². The first kappa shape index (κ1) is 17.2. The number of carbonyl (C=O) groups is 1. The number of ether oxygens (including phenoxy) is 1. The maximum Gasteiger partial charge on any atom is 0.349 e. The number of methoxy groups -OCH3 is 1. The maximum atomic E-state index is 12.8. The molecule has 0 heterocycles. The molecule has 1 aromatic carbocycles. The van der Waals surface area contributed by atoms with Crippen LogP contribution in [-0.4, -0.2) is 26.3 Å². The standard InChI is InChI=1S/C13H18ClO5P/c1-4-18-20(16,19-5-2)12(13(15)17-3)10-6-8-11(14)9-7-10/h6-9,12H,4-5H2,1-3H3/t12-/m1/s1. The summed E-state index contributed by atoms with van der Waals surface area (Å²) in [5.74, 6) is -0.669. The average molecular weight is 321 g/mol. The van der Waals surface area contributed by atoms with Crippen molar-refractivity contribution in [3.63, 3.8) is 0 Å². The van der Waals surface area contributed by atoms with Crippen LogP contribution in [0.15, 0.2) is 24.3 Å². The van der Waals surface area contributed by atoms with E-state index in [-0.39, 0.29) is 13.2 Å². The van der Waals surface area contributed by atoms with E-state index in [2.05, 4.69) is 0 Å². The highest BCUT2D eigenvalue weighted by Gasteiger charge is 2.43. The molecule has 0 aliphatic rings. The molecule has 0 saturated heterocycles. The Morgan fingerprint density at radius 3 is 2.10 bits per heavy atom. The van der Waals surface area contributed by atoms with Gasteiger partial charge in [0.1, 0.15) is 0 Å². The Bertz CT molecular complexity index is 478. The number of rotatable bonds is 7. The smallest absolute Gasteiger partial charge is 0.349 e. The van der Waals surface area contributed by atoms with Crippen molar-refractivity contribution >= 4 is 25.2 Å². The second kappa shape index (κ2) is 7.79. The lowest BCUT2D eigenvalue weighted by Crippen LogP contribution is -2.17. The van der Waals surface area contributed by atoms with E-state index in [1.54, 1.807) is 38.1 Å². The molecule has 20 heavy (non-hydrogen) atoms. The molecule has 1 rings (SSSR count). The van der Waals surface area contributed by atoms with Crippen LogP contribution in [0.25, 0.3) is 0 Å². The Labute approximate surface area is 123 Å². The lowest BCUT2D eigenvalue weighted by Gasteiger charge is -2.24. The zero-order chi connectivity index (χ0) is 15.2.